The van der Waals surface area contributed by atoms with Crippen LogP contribution < -0.4 is 5.32 Å². The fourth-order valence-corrected chi connectivity index (χ4v) is 1.53. The number of nitrogens with one attached hydrogen (secondary N) is 2. The summed E-state index contributed by atoms with van der Waals surface area (Å²) in [5.74, 6) is 0. The Morgan fingerprint density at radius 2 is 2.64 bits per heavy atom. The third kappa shape index (κ3) is 1.16. The normalized spacial score (nSPS) is 23.2. The summed E-state index contributed by atoms with van der Waals surface area (Å²) < 4.78 is 0. The lowest BCUT2D eigenvalue weighted by Crippen LogP contribution is -2.34. The molecule has 1 unspecified atom stereocenters. The molecule has 1 aromatic heterocycles. The third-order valence-electron chi connectivity index (χ3n) is 2.33. The first kappa shape index (κ1) is 6.85. The molecule has 0 radical (unpaired) electrons. The number of nitrogens with zero attached hydrogens (tertiary/aromatic N) is 1. The van der Waals surface area contributed by atoms with Crippen molar-refractivity contribution >= 4 is 0 Å². The highest BCUT2D eigenvalue weighted by Gasteiger charge is 2.16. The number of aromatic amines is 1. The van der Waals surface area contributed by atoms with Crippen molar-refractivity contribution in [2.75, 3.05) is 0 Å². The van der Waals surface area contributed by atoms with Crippen LogP contribution in [-0.2, 0) is 13.0 Å². The first-order chi connectivity index (χ1) is 5.40. The lowest BCUT2D eigenvalue weighted by Gasteiger charge is -2.21. The Morgan fingerprint density at radius 1 is 1.73 bits per heavy atom. The maximum Gasteiger partial charge on any atom is 0.0535 e. The maximum atomic E-state index is 4.01. The number of fused-ring (bicyclic) bond motifs is 1. The van der Waals surface area contributed by atoms with E-state index in [0.29, 0.717) is 6.04 Å². The molecule has 0 aliphatic carbocycles. The number of hydrogen-bond donors (Lipinski definition) is 2. The Kier molecular flexibility index (Phi) is 1.66. The lowest BCUT2D eigenvalue weighted by molar-refractivity contribution is 0.463. The molecule has 11 heavy (non-hydrogen) atoms. The number of aromatic nitrogens is 2. The monoisotopic (exact) mass is 151 g/mol. The molecule has 60 valence electrons. The minimum absolute atomic E-state index is 0.642. The van der Waals surface area contributed by atoms with Crippen LogP contribution in [0.5, 0.6) is 0 Å². The molecule has 0 spiro atoms. The highest BCUT2D eigenvalue weighted by molar-refractivity contribution is 5.19. The topological polar surface area (TPSA) is 40.7 Å². The van der Waals surface area contributed by atoms with E-state index < -0.39 is 0 Å². The molecule has 3 nitrogen and oxygen atoms in total. The van der Waals surface area contributed by atoms with Crippen molar-refractivity contribution in [1.29, 1.82) is 0 Å². The molecule has 0 saturated heterocycles. The van der Waals surface area contributed by atoms with Gasteiger partial charge in [0.1, 0.15) is 0 Å². The van der Waals surface area contributed by atoms with E-state index in [2.05, 4.69) is 22.4 Å². The fourth-order valence-electron chi connectivity index (χ4n) is 1.53. The molecular formula is C8H13N3. The molecule has 2 N–H and O–H groups in total. The van der Waals surface area contributed by atoms with Crippen LogP contribution in [0.2, 0.25) is 0 Å². The van der Waals surface area contributed by atoms with Gasteiger partial charge >= 0.3 is 0 Å². The lowest BCUT2D eigenvalue weighted by atomic mass is 10.0. The van der Waals surface area contributed by atoms with Gasteiger partial charge in [-0.3, -0.25) is 5.10 Å². The standard InChI is InChI=1S/C8H13N3/c1-2-7-3-8-6(4-9-7)5-10-11-8/h5,7,9H,2-4H2,1H3,(H,10,11). The van der Waals surface area contributed by atoms with Gasteiger partial charge in [0, 0.05) is 30.3 Å². The molecular weight excluding hydrogens is 138 g/mol. The van der Waals surface area contributed by atoms with Crippen LogP contribution in [0.3, 0.4) is 0 Å². The zero-order chi connectivity index (χ0) is 7.68. The van der Waals surface area contributed by atoms with Gasteiger partial charge in [0.05, 0.1) is 6.20 Å². The van der Waals surface area contributed by atoms with Crippen molar-refractivity contribution in [1.82, 2.24) is 15.5 Å². The smallest absolute Gasteiger partial charge is 0.0535 e. The second-order valence-electron chi connectivity index (χ2n) is 3.06. The van der Waals surface area contributed by atoms with E-state index in [1.54, 1.807) is 0 Å². The van der Waals surface area contributed by atoms with Gasteiger partial charge in [-0.25, -0.2) is 0 Å². The summed E-state index contributed by atoms with van der Waals surface area (Å²) in [6.07, 6.45) is 4.21. The Bertz CT molecular complexity index is 241. The highest BCUT2D eigenvalue weighted by atomic mass is 15.1. The van der Waals surface area contributed by atoms with Crippen molar-refractivity contribution in [3.63, 3.8) is 0 Å². The van der Waals surface area contributed by atoms with Gasteiger partial charge in [0.15, 0.2) is 0 Å². The molecule has 0 bridgehead atoms. The van der Waals surface area contributed by atoms with E-state index in [9.17, 15) is 0 Å². The molecule has 1 aliphatic heterocycles. The van der Waals surface area contributed by atoms with Gasteiger partial charge in [0.25, 0.3) is 0 Å². The van der Waals surface area contributed by atoms with E-state index in [4.69, 9.17) is 0 Å². The van der Waals surface area contributed by atoms with Gasteiger partial charge in [0.2, 0.25) is 0 Å². The molecule has 0 amide bonds. The van der Waals surface area contributed by atoms with Crippen molar-refractivity contribution in [3.05, 3.63) is 17.5 Å². The zero-order valence-corrected chi connectivity index (χ0v) is 6.72. The minimum Gasteiger partial charge on any atom is -0.309 e. The highest BCUT2D eigenvalue weighted by Crippen LogP contribution is 2.14. The summed E-state index contributed by atoms with van der Waals surface area (Å²) in [7, 11) is 0. The number of rotatable bonds is 1. The summed E-state index contributed by atoms with van der Waals surface area (Å²) >= 11 is 0. The summed E-state index contributed by atoms with van der Waals surface area (Å²) in [6.45, 7) is 3.18. The van der Waals surface area contributed by atoms with Crippen molar-refractivity contribution in [2.45, 2.75) is 32.4 Å². The van der Waals surface area contributed by atoms with Crippen molar-refractivity contribution in [2.24, 2.45) is 0 Å². The van der Waals surface area contributed by atoms with Crippen LogP contribution in [0.25, 0.3) is 0 Å². The molecule has 1 atom stereocenters. The summed E-state index contributed by atoms with van der Waals surface area (Å²) in [5, 5.41) is 10.5. The van der Waals surface area contributed by atoms with Gasteiger partial charge in [-0.05, 0) is 6.42 Å². The van der Waals surface area contributed by atoms with E-state index in [-0.39, 0.29) is 0 Å². The van der Waals surface area contributed by atoms with Gasteiger partial charge in [-0.1, -0.05) is 6.92 Å². The van der Waals surface area contributed by atoms with Gasteiger partial charge in [-0.15, -0.1) is 0 Å². The largest absolute Gasteiger partial charge is 0.309 e. The average molecular weight is 151 g/mol. The van der Waals surface area contributed by atoms with E-state index in [1.807, 2.05) is 6.20 Å². The zero-order valence-electron chi connectivity index (χ0n) is 6.72. The first-order valence-corrected chi connectivity index (χ1v) is 4.14. The Morgan fingerprint density at radius 3 is 3.45 bits per heavy atom. The van der Waals surface area contributed by atoms with Gasteiger partial charge in [-0.2, -0.15) is 5.10 Å². The fraction of sp³-hybridized carbons (Fsp3) is 0.625. The maximum absolute atomic E-state index is 4.01. The van der Waals surface area contributed by atoms with Crippen molar-refractivity contribution < 1.29 is 0 Å². The van der Waals surface area contributed by atoms with E-state index in [1.165, 1.54) is 17.7 Å². The number of H-pyrrole nitrogens is 1. The molecule has 1 aromatic rings. The van der Waals surface area contributed by atoms with Crippen LogP contribution in [0.4, 0.5) is 0 Å². The Labute approximate surface area is 66.2 Å². The summed E-state index contributed by atoms with van der Waals surface area (Å²) in [4.78, 5) is 0. The second kappa shape index (κ2) is 2.66. The van der Waals surface area contributed by atoms with Gasteiger partial charge < -0.3 is 5.32 Å². The Balaban J connectivity index is 2.18. The van der Waals surface area contributed by atoms with Crippen LogP contribution in [-0.4, -0.2) is 16.2 Å². The molecule has 2 heterocycles. The molecule has 2 rings (SSSR count). The average Bonchev–Trinajstić information content (AvgIpc) is 2.50. The predicted octanol–water partition coefficient (Wildman–Crippen LogP) is 0.834. The number of hydrogen-bond acceptors (Lipinski definition) is 2. The summed E-state index contributed by atoms with van der Waals surface area (Å²) in [6, 6.07) is 0.642. The third-order valence-corrected chi connectivity index (χ3v) is 2.33. The Hall–Kier alpha value is -0.830. The molecule has 0 saturated carbocycles. The van der Waals surface area contributed by atoms with E-state index >= 15 is 0 Å². The van der Waals surface area contributed by atoms with E-state index in [0.717, 1.165) is 13.0 Å². The van der Waals surface area contributed by atoms with Crippen LogP contribution in [0.1, 0.15) is 24.6 Å². The van der Waals surface area contributed by atoms with Crippen LogP contribution >= 0.6 is 0 Å². The minimum atomic E-state index is 0.642. The molecule has 1 aliphatic rings. The van der Waals surface area contributed by atoms with Crippen LogP contribution in [0, 0.1) is 0 Å². The predicted molar refractivity (Wildman–Crippen MR) is 43.2 cm³/mol. The second-order valence-corrected chi connectivity index (χ2v) is 3.06. The molecule has 0 fully saturated rings. The summed E-state index contributed by atoms with van der Waals surface area (Å²) in [5.41, 5.74) is 2.64. The molecule has 3 heteroatoms. The van der Waals surface area contributed by atoms with Crippen LogP contribution in [0.15, 0.2) is 6.20 Å². The van der Waals surface area contributed by atoms with Crippen molar-refractivity contribution in [3.8, 4) is 0 Å². The molecule has 0 aromatic carbocycles. The first-order valence-electron chi connectivity index (χ1n) is 4.14. The quantitative estimate of drug-likeness (QED) is 0.624. The SMILES string of the molecule is CCC1Cc2[nH]ncc2CN1.